The summed E-state index contributed by atoms with van der Waals surface area (Å²) in [6.45, 7) is 3.95. The first kappa shape index (κ1) is 16.8. The molecular formula is C17H21N3O3S. The van der Waals surface area contributed by atoms with Gasteiger partial charge in [0.25, 0.3) is 0 Å². The molecule has 2 heterocycles. The Kier molecular flexibility index (Phi) is 4.80. The SMILES string of the molecule is Cc1ccc(NC(=O)[C@@H]2CSCN2C(=O)[C@@H]2CCC(=O)N2)c(C)c1. The molecule has 1 aromatic carbocycles. The molecule has 2 aliphatic heterocycles. The van der Waals surface area contributed by atoms with Crippen LogP contribution in [-0.2, 0) is 14.4 Å². The van der Waals surface area contributed by atoms with Gasteiger partial charge >= 0.3 is 0 Å². The van der Waals surface area contributed by atoms with Crippen LogP contribution in [0.25, 0.3) is 0 Å². The summed E-state index contributed by atoms with van der Waals surface area (Å²) >= 11 is 1.56. The van der Waals surface area contributed by atoms with Crippen LogP contribution < -0.4 is 10.6 Å². The Balaban J connectivity index is 1.69. The molecule has 0 unspecified atom stereocenters. The van der Waals surface area contributed by atoms with Gasteiger partial charge in [0.05, 0.1) is 5.88 Å². The van der Waals surface area contributed by atoms with Gasteiger partial charge in [0, 0.05) is 17.9 Å². The first-order valence-electron chi connectivity index (χ1n) is 8.01. The van der Waals surface area contributed by atoms with Crippen LogP contribution in [0, 0.1) is 13.8 Å². The number of thioether (sulfide) groups is 1. The van der Waals surface area contributed by atoms with Gasteiger partial charge in [-0.1, -0.05) is 17.7 Å². The van der Waals surface area contributed by atoms with E-state index in [-0.39, 0.29) is 17.7 Å². The third-order valence-corrected chi connectivity index (χ3v) is 5.41. The molecule has 3 amide bonds. The summed E-state index contributed by atoms with van der Waals surface area (Å²) in [6, 6.07) is 4.85. The lowest BCUT2D eigenvalue weighted by molar-refractivity contribution is -0.138. The molecule has 0 radical (unpaired) electrons. The summed E-state index contributed by atoms with van der Waals surface area (Å²) in [5.41, 5.74) is 2.90. The lowest BCUT2D eigenvalue weighted by Crippen LogP contribution is -2.50. The number of anilines is 1. The highest BCUT2D eigenvalue weighted by molar-refractivity contribution is 7.99. The fourth-order valence-electron chi connectivity index (χ4n) is 3.05. The van der Waals surface area contributed by atoms with Crippen molar-refractivity contribution in [3.05, 3.63) is 29.3 Å². The maximum atomic E-state index is 12.6. The van der Waals surface area contributed by atoms with E-state index in [1.54, 1.807) is 16.7 Å². The standard InChI is InChI=1S/C17H21N3O3S/c1-10-3-4-12(11(2)7-10)19-16(22)14-8-24-9-20(14)17(23)13-5-6-15(21)18-13/h3-4,7,13-14H,5-6,8-9H2,1-2H3,(H,18,21)(H,19,22)/t13-,14-/m0/s1. The Morgan fingerprint density at radius 1 is 1.33 bits per heavy atom. The van der Waals surface area contributed by atoms with Gasteiger partial charge in [0.2, 0.25) is 17.7 Å². The molecular weight excluding hydrogens is 326 g/mol. The molecule has 2 saturated heterocycles. The zero-order valence-electron chi connectivity index (χ0n) is 13.8. The highest BCUT2D eigenvalue weighted by atomic mass is 32.2. The average Bonchev–Trinajstić information content (AvgIpc) is 3.18. The van der Waals surface area contributed by atoms with Crippen LogP contribution in [0.15, 0.2) is 18.2 Å². The maximum Gasteiger partial charge on any atom is 0.248 e. The summed E-state index contributed by atoms with van der Waals surface area (Å²) in [4.78, 5) is 38.1. The van der Waals surface area contributed by atoms with Crippen LogP contribution >= 0.6 is 11.8 Å². The number of aryl methyl sites for hydroxylation is 2. The number of hydrogen-bond donors (Lipinski definition) is 2. The Hall–Kier alpha value is -2.02. The van der Waals surface area contributed by atoms with Crippen molar-refractivity contribution in [2.45, 2.75) is 38.8 Å². The van der Waals surface area contributed by atoms with Crippen molar-refractivity contribution in [3.63, 3.8) is 0 Å². The van der Waals surface area contributed by atoms with E-state index in [1.807, 2.05) is 32.0 Å². The van der Waals surface area contributed by atoms with Crippen molar-refractivity contribution in [3.8, 4) is 0 Å². The minimum atomic E-state index is -0.499. The Labute approximate surface area is 145 Å². The first-order valence-corrected chi connectivity index (χ1v) is 9.17. The second-order valence-corrected chi connectivity index (χ2v) is 7.29. The van der Waals surface area contributed by atoms with Crippen LogP contribution in [0.1, 0.15) is 24.0 Å². The van der Waals surface area contributed by atoms with Crippen molar-refractivity contribution in [1.82, 2.24) is 10.2 Å². The number of benzene rings is 1. The second kappa shape index (κ2) is 6.84. The molecule has 2 N–H and O–H groups in total. The van der Waals surface area contributed by atoms with E-state index < -0.39 is 12.1 Å². The molecule has 0 aromatic heterocycles. The summed E-state index contributed by atoms with van der Waals surface area (Å²) in [5.74, 6) is 0.618. The van der Waals surface area contributed by atoms with Gasteiger partial charge in [-0.15, -0.1) is 11.8 Å². The van der Waals surface area contributed by atoms with Crippen molar-refractivity contribution in [2.24, 2.45) is 0 Å². The van der Waals surface area contributed by atoms with Crippen LogP contribution in [0.2, 0.25) is 0 Å². The number of nitrogens with one attached hydrogen (secondary N) is 2. The Morgan fingerprint density at radius 2 is 2.12 bits per heavy atom. The predicted octanol–water partition coefficient (Wildman–Crippen LogP) is 1.42. The zero-order valence-corrected chi connectivity index (χ0v) is 14.6. The molecule has 2 atom stereocenters. The smallest absolute Gasteiger partial charge is 0.248 e. The van der Waals surface area contributed by atoms with Crippen molar-refractivity contribution in [1.29, 1.82) is 0 Å². The molecule has 3 rings (SSSR count). The number of carbonyl (C=O) groups excluding carboxylic acids is 3. The summed E-state index contributed by atoms with van der Waals surface area (Å²) < 4.78 is 0. The zero-order chi connectivity index (χ0) is 17.3. The summed E-state index contributed by atoms with van der Waals surface area (Å²) in [7, 11) is 0. The third kappa shape index (κ3) is 3.40. The second-order valence-electron chi connectivity index (χ2n) is 6.29. The molecule has 7 heteroatoms. The minimum Gasteiger partial charge on any atom is -0.344 e. The van der Waals surface area contributed by atoms with E-state index in [4.69, 9.17) is 0 Å². The van der Waals surface area contributed by atoms with E-state index in [9.17, 15) is 14.4 Å². The van der Waals surface area contributed by atoms with Gasteiger partial charge in [0.15, 0.2) is 0 Å². The fraction of sp³-hybridized carbons (Fsp3) is 0.471. The van der Waals surface area contributed by atoms with E-state index in [0.717, 1.165) is 16.8 Å². The van der Waals surface area contributed by atoms with Crippen LogP contribution in [0.5, 0.6) is 0 Å². The lowest BCUT2D eigenvalue weighted by Gasteiger charge is -2.26. The number of carbonyl (C=O) groups is 3. The number of rotatable bonds is 3. The Morgan fingerprint density at radius 3 is 2.79 bits per heavy atom. The normalized spacial score (nSPS) is 23.2. The van der Waals surface area contributed by atoms with Crippen LogP contribution in [0.3, 0.4) is 0 Å². The molecule has 24 heavy (non-hydrogen) atoms. The highest BCUT2D eigenvalue weighted by Gasteiger charge is 2.39. The van der Waals surface area contributed by atoms with Crippen molar-refractivity contribution < 1.29 is 14.4 Å². The van der Waals surface area contributed by atoms with E-state index in [1.165, 1.54) is 0 Å². The third-order valence-electron chi connectivity index (χ3n) is 4.40. The van der Waals surface area contributed by atoms with Crippen LogP contribution in [0.4, 0.5) is 5.69 Å². The molecule has 128 valence electrons. The van der Waals surface area contributed by atoms with Gasteiger partial charge in [-0.25, -0.2) is 0 Å². The maximum absolute atomic E-state index is 12.6. The van der Waals surface area contributed by atoms with Gasteiger partial charge in [-0.05, 0) is 31.9 Å². The monoisotopic (exact) mass is 347 g/mol. The Bertz CT molecular complexity index is 692. The average molecular weight is 347 g/mol. The van der Waals surface area contributed by atoms with Gasteiger partial charge in [-0.2, -0.15) is 0 Å². The van der Waals surface area contributed by atoms with Gasteiger partial charge in [-0.3, -0.25) is 14.4 Å². The summed E-state index contributed by atoms with van der Waals surface area (Å²) in [6.07, 6.45) is 0.876. The predicted molar refractivity (Wildman–Crippen MR) is 93.7 cm³/mol. The number of nitrogens with zero attached hydrogens (tertiary/aromatic N) is 1. The largest absolute Gasteiger partial charge is 0.344 e. The van der Waals surface area contributed by atoms with Crippen LogP contribution in [-0.4, -0.2) is 46.3 Å². The molecule has 6 nitrogen and oxygen atoms in total. The number of amides is 3. The molecule has 0 aliphatic carbocycles. The van der Waals surface area contributed by atoms with Gasteiger partial charge < -0.3 is 15.5 Å². The van der Waals surface area contributed by atoms with Crippen molar-refractivity contribution in [2.75, 3.05) is 16.9 Å². The molecule has 0 bridgehead atoms. The topological polar surface area (TPSA) is 78.5 Å². The van der Waals surface area contributed by atoms with E-state index in [2.05, 4.69) is 10.6 Å². The number of hydrogen-bond acceptors (Lipinski definition) is 4. The van der Waals surface area contributed by atoms with E-state index >= 15 is 0 Å². The minimum absolute atomic E-state index is 0.100. The molecule has 2 fully saturated rings. The first-order chi connectivity index (χ1) is 11.5. The quantitative estimate of drug-likeness (QED) is 0.867. The molecule has 1 aromatic rings. The fourth-order valence-corrected chi connectivity index (χ4v) is 4.21. The van der Waals surface area contributed by atoms with E-state index in [0.29, 0.717) is 24.5 Å². The van der Waals surface area contributed by atoms with Crippen molar-refractivity contribution >= 4 is 35.2 Å². The molecule has 0 spiro atoms. The molecule has 0 saturated carbocycles. The summed E-state index contributed by atoms with van der Waals surface area (Å²) in [5, 5.41) is 5.61. The van der Waals surface area contributed by atoms with Gasteiger partial charge in [0.1, 0.15) is 12.1 Å². The lowest BCUT2D eigenvalue weighted by atomic mass is 10.1. The highest BCUT2D eigenvalue weighted by Crippen LogP contribution is 2.25. The molecule has 2 aliphatic rings.